The van der Waals surface area contributed by atoms with E-state index in [9.17, 15) is 9.59 Å². The summed E-state index contributed by atoms with van der Waals surface area (Å²) in [5, 5.41) is 0. The van der Waals surface area contributed by atoms with E-state index in [4.69, 9.17) is 11.2 Å². The van der Waals surface area contributed by atoms with Gasteiger partial charge in [0, 0.05) is 33.0 Å². The van der Waals surface area contributed by atoms with E-state index in [1.807, 2.05) is 13.0 Å². The molecule has 1 saturated heterocycles. The summed E-state index contributed by atoms with van der Waals surface area (Å²) in [6.45, 7) is 5.36. The first kappa shape index (κ1) is 18.3. The Kier molecular flexibility index (Phi) is 4.97. The molecule has 1 aromatic rings. The Morgan fingerprint density at radius 1 is 1.38 bits per heavy atom. The molecule has 26 heavy (non-hydrogen) atoms. The zero-order valence-electron chi connectivity index (χ0n) is 15.6. The third-order valence-electron chi connectivity index (χ3n) is 5.45. The molecule has 1 aliphatic heterocycles. The average molecular weight is 352 g/mol. The van der Waals surface area contributed by atoms with Gasteiger partial charge in [0.05, 0.1) is 22.6 Å². The van der Waals surface area contributed by atoms with E-state index in [1.54, 1.807) is 13.2 Å². The number of fused-ring (bicyclic) bond motifs is 1. The lowest BCUT2D eigenvalue weighted by Crippen LogP contribution is -2.44. The first-order valence-corrected chi connectivity index (χ1v) is 9.00. The van der Waals surface area contributed by atoms with Crippen LogP contribution in [0.5, 0.6) is 0 Å². The van der Waals surface area contributed by atoms with E-state index in [-0.39, 0.29) is 23.6 Å². The fourth-order valence-electron chi connectivity index (χ4n) is 3.55. The van der Waals surface area contributed by atoms with Gasteiger partial charge in [-0.25, -0.2) is 4.98 Å². The number of aromatic nitrogens is 1. The fourth-order valence-corrected chi connectivity index (χ4v) is 3.55. The van der Waals surface area contributed by atoms with Crippen LogP contribution in [0.4, 0.5) is 0 Å². The van der Waals surface area contributed by atoms with Crippen molar-refractivity contribution in [2.24, 2.45) is 0 Å². The molecule has 0 aromatic carbocycles. The second kappa shape index (κ2) is 7.05. The molecule has 5 nitrogen and oxygen atoms in total. The Balaban J connectivity index is 2.06. The third kappa shape index (κ3) is 3.17. The summed E-state index contributed by atoms with van der Waals surface area (Å²) >= 11 is 0. The van der Waals surface area contributed by atoms with Crippen molar-refractivity contribution in [2.45, 2.75) is 45.1 Å². The minimum atomic E-state index is -0.164. The Morgan fingerprint density at radius 3 is 2.65 bits per heavy atom. The van der Waals surface area contributed by atoms with Gasteiger partial charge in [0.1, 0.15) is 5.69 Å². The van der Waals surface area contributed by atoms with Crippen LogP contribution in [-0.2, 0) is 16.0 Å². The first-order valence-electron chi connectivity index (χ1n) is 9.00. The van der Waals surface area contributed by atoms with E-state index in [2.05, 4.69) is 22.7 Å². The number of Topliss-reactive ketones (excluding diaryl/α,β-unsaturated/α-hetero) is 2. The molecule has 0 atom stereocenters. The second-order valence-electron chi connectivity index (χ2n) is 7.09. The third-order valence-corrected chi connectivity index (χ3v) is 5.45. The SMILES string of the molecule is C#CC1=C(N2CCC(C)(OC)CC2)c2nc(C(=O)CC)ccc2CC1=O. The van der Waals surface area contributed by atoms with Crippen molar-refractivity contribution in [3.63, 3.8) is 0 Å². The van der Waals surface area contributed by atoms with Crippen molar-refractivity contribution in [1.82, 2.24) is 9.88 Å². The van der Waals surface area contributed by atoms with Gasteiger partial charge in [0.15, 0.2) is 11.6 Å². The van der Waals surface area contributed by atoms with Gasteiger partial charge in [-0.2, -0.15) is 0 Å². The number of carbonyl (C=O) groups is 2. The Bertz CT molecular complexity index is 824. The summed E-state index contributed by atoms with van der Waals surface area (Å²) in [6.07, 6.45) is 7.97. The number of ketones is 2. The van der Waals surface area contributed by atoms with E-state index < -0.39 is 0 Å². The minimum Gasteiger partial charge on any atom is -0.378 e. The summed E-state index contributed by atoms with van der Waals surface area (Å²) in [5.74, 6) is 2.49. The number of rotatable bonds is 4. The van der Waals surface area contributed by atoms with Crippen molar-refractivity contribution in [2.75, 3.05) is 20.2 Å². The van der Waals surface area contributed by atoms with Crippen LogP contribution >= 0.6 is 0 Å². The summed E-state index contributed by atoms with van der Waals surface area (Å²) in [4.78, 5) is 31.4. The zero-order valence-corrected chi connectivity index (χ0v) is 15.6. The molecule has 0 spiro atoms. The number of hydrogen-bond acceptors (Lipinski definition) is 5. The molecule has 2 heterocycles. The van der Waals surface area contributed by atoms with E-state index in [0.29, 0.717) is 29.1 Å². The lowest BCUT2D eigenvalue weighted by atomic mass is 9.88. The molecule has 0 amide bonds. The Labute approximate surface area is 154 Å². The quantitative estimate of drug-likeness (QED) is 0.616. The highest BCUT2D eigenvalue weighted by Crippen LogP contribution is 2.35. The molecular formula is C21H24N2O3. The standard InChI is InChI=1S/C21H24N2O3/c1-5-15-18(25)13-14-7-8-16(17(24)6-2)22-19(14)20(15)23-11-9-21(3,26-4)10-12-23/h1,7-8H,6,9-13H2,2-4H3. The number of terminal acetylenes is 1. The van der Waals surface area contributed by atoms with Crippen LogP contribution in [0.2, 0.25) is 0 Å². The normalized spacial score (nSPS) is 19.2. The summed E-state index contributed by atoms with van der Waals surface area (Å²) < 4.78 is 5.61. The molecule has 0 saturated carbocycles. The molecule has 0 radical (unpaired) electrons. The number of piperidine rings is 1. The molecule has 1 fully saturated rings. The maximum absolute atomic E-state index is 12.6. The van der Waals surface area contributed by atoms with Crippen LogP contribution in [0.15, 0.2) is 17.7 Å². The number of methoxy groups -OCH3 is 1. The zero-order chi connectivity index (χ0) is 18.9. The number of ether oxygens (including phenoxy) is 1. The van der Waals surface area contributed by atoms with Gasteiger partial charge in [-0.05, 0) is 31.4 Å². The molecular weight excluding hydrogens is 328 g/mol. The van der Waals surface area contributed by atoms with Crippen LogP contribution in [0.25, 0.3) is 5.70 Å². The number of likely N-dealkylation sites (tertiary alicyclic amines) is 1. The summed E-state index contributed by atoms with van der Waals surface area (Å²) in [5.41, 5.74) is 2.83. The monoisotopic (exact) mass is 352 g/mol. The molecule has 1 aromatic heterocycles. The highest BCUT2D eigenvalue weighted by molar-refractivity contribution is 6.10. The number of hydrogen-bond donors (Lipinski definition) is 0. The van der Waals surface area contributed by atoms with Crippen LogP contribution < -0.4 is 0 Å². The van der Waals surface area contributed by atoms with Crippen LogP contribution in [0.3, 0.4) is 0 Å². The largest absolute Gasteiger partial charge is 0.378 e. The second-order valence-corrected chi connectivity index (χ2v) is 7.09. The van der Waals surface area contributed by atoms with Gasteiger partial charge in [-0.3, -0.25) is 9.59 Å². The fraction of sp³-hybridized carbons (Fsp3) is 0.476. The summed E-state index contributed by atoms with van der Waals surface area (Å²) in [6, 6.07) is 3.54. The van der Waals surface area contributed by atoms with Crippen LogP contribution in [-0.4, -0.2) is 47.3 Å². The van der Waals surface area contributed by atoms with E-state index in [1.165, 1.54) is 0 Å². The van der Waals surface area contributed by atoms with Crippen LogP contribution in [0, 0.1) is 12.3 Å². The van der Waals surface area contributed by atoms with Gasteiger partial charge in [0.2, 0.25) is 0 Å². The molecule has 3 rings (SSSR count). The summed E-state index contributed by atoms with van der Waals surface area (Å²) in [7, 11) is 1.73. The predicted octanol–water partition coefficient (Wildman–Crippen LogP) is 2.64. The van der Waals surface area contributed by atoms with Gasteiger partial charge in [0.25, 0.3) is 0 Å². The number of pyridine rings is 1. The Hall–Kier alpha value is -2.45. The molecule has 5 heteroatoms. The van der Waals surface area contributed by atoms with Gasteiger partial charge >= 0.3 is 0 Å². The van der Waals surface area contributed by atoms with Crippen molar-refractivity contribution in [3.05, 3.63) is 34.7 Å². The topological polar surface area (TPSA) is 59.5 Å². The minimum absolute atomic E-state index is 0.0168. The molecule has 1 aliphatic carbocycles. The number of nitrogens with zero attached hydrogens (tertiary/aromatic N) is 2. The van der Waals surface area contributed by atoms with Crippen LogP contribution in [0.1, 0.15) is 54.9 Å². The average Bonchev–Trinajstić information content (AvgIpc) is 2.66. The maximum Gasteiger partial charge on any atom is 0.180 e. The number of carbonyl (C=O) groups excluding carboxylic acids is 2. The van der Waals surface area contributed by atoms with E-state index in [0.717, 1.165) is 31.5 Å². The highest BCUT2D eigenvalue weighted by atomic mass is 16.5. The highest BCUT2D eigenvalue weighted by Gasteiger charge is 2.35. The van der Waals surface area contributed by atoms with Crippen molar-refractivity contribution >= 4 is 17.3 Å². The lowest BCUT2D eigenvalue weighted by Gasteiger charge is -2.41. The molecule has 2 aliphatic rings. The van der Waals surface area contributed by atoms with Crippen molar-refractivity contribution < 1.29 is 14.3 Å². The Morgan fingerprint density at radius 2 is 2.08 bits per heavy atom. The molecule has 0 N–H and O–H groups in total. The first-order chi connectivity index (χ1) is 12.4. The number of allylic oxidation sites excluding steroid dienone is 1. The van der Waals surface area contributed by atoms with Gasteiger partial charge in [-0.15, -0.1) is 6.42 Å². The molecule has 0 bridgehead atoms. The lowest BCUT2D eigenvalue weighted by molar-refractivity contribution is -0.114. The molecule has 0 unspecified atom stereocenters. The van der Waals surface area contributed by atoms with Crippen molar-refractivity contribution in [3.8, 4) is 12.3 Å². The van der Waals surface area contributed by atoms with Crippen molar-refractivity contribution in [1.29, 1.82) is 0 Å². The maximum atomic E-state index is 12.6. The van der Waals surface area contributed by atoms with Gasteiger partial charge in [-0.1, -0.05) is 18.9 Å². The predicted molar refractivity (Wildman–Crippen MR) is 99.5 cm³/mol. The van der Waals surface area contributed by atoms with Gasteiger partial charge < -0.3 is 9.64 Å². The molecule has 136 valence electrons. The smallest absolute Gasteiger partial charge is 0.180 e. The van der Waals surface area contributed by atoms with E-state index >= 15 is 0 Å².